The van der Waals surface area contributed by atoms with Gasteiger partial charge in [-0.2, -0.15) is 0 Å². The molecule has 0 aliphatic heterocycles. The number of anilines is 1. The number of amides is 1. The van der Waals surface area contributed by atoms with Crippen molar-refractivity contribution >= 4 is 50.9 Å². The fourth-order valence-electron chi connectivity index (χ4n) is 3.14. The Morgan fingerprint density at radius 1 is 1.11 bits per heavy atom. The number of rotatable bonds is 9. The maximum Gasteiger partial charge on any atom is 0.348 e. The van der Waals surface area contributed by atoms with Crippen LogP contribution in [0.15, 0.2) is 62.3 Å². The van der Waals surface area contributed by atoms with Crippen molar-refractivity contribution in [1.29, 1.82) is 0 Å². The van der Waals surface area contributed by atoms with Gasteiger partial charge in [0.25, 0.3) is 0 Å². The molecule has 0 bridgehead atoms. The van der Waals surface area contributed by atoms with Crippen molar-refractivity contribution in [2.45, 2.75) is 30.4 Å². The number of esters is 1. The van der Waals surface area contributed by atoms with E-state index in [1.807, 2.05) is 31.2 Å². The molecule has 2 aromatic heterocycles. The second kappa shape index (κ2) is 11.2. The highest BCUT2D eigenvalue weighted by molar-refractivity contribution is 8.00. The largest absolute Gasteiger partial charge is 0.493 e. The van der Waals surface area contributed by atoms with Gasteiger partial charge in [-0.05, 0) is 23.8 Å². The van der Waals surface area contributed by atoms with Gasteiger partial charge in [-0.15, -0.1) is 10.2 Å². The van der Waals surface area contributed by atoms with Gasteiger partial charge in [-0.3, -0.25) is 9.59 Å². The van der Waals surface area contributed by atoms with Crippen LogP contribution in [0.1, 0.15) is 36.4 Å². The minimum Gasteiger partial charge on any atom is -0.493 e. The molecule has 0 aliphatic rings. The Bertz CT molecular complexity index is 1430. The number of ether oxygens (including phenoxy) is 2. The summed E-state index contributed by atoms with van der Waals surface area (Å²) in [5, 5.41) is 12.5. The summed E-state index contributed by atoms with van der Waals surface area (Å²) in [5.74, 6) is -0.0348. The summed E-state index contributed by atoms with van der Waals surface area (Å²) in [6.45, 7) is 3.93. The van der Waals surface area contributed by atoms with Crippen LogP contribution in [0.2, 0.25) is 0 Å². The standard InChI is InChI=1S/C24H21N3O6S2/c1-3-20(29)25-23-26-27-24(35-23)34-13-15-11-17(28)19(12-32-15)33-22(30)21-16-8-6-5-7-14(16)9-10-18(21)31-4-2/h5-12H,3-4,13H2,1-2H3,(H,25,26,29). The summed E-state index contributed by atoms with van der Waals surface area (Å²) in [7, 11) is 0. The number of nitrogens with one attached hydrogen (secondary N) is 1. The zero-order chi connectivity index (χ0) is 24.8. The molecule has 0 fully saturated rings. The molecule has 0 radical (unpaired) electrons. The second-order valence-electron chi connectivity index (χ2n) is 7.12. The summed E-state index contributed by atoms with van der Waals surface area (Å²) in [5.41, 5.74) is -0.252. The minimum atomic E-state index is -0.713. The lowest BCUT2D eigenvalue weighted by Gasteiger charge is -2.12. The van der Waals surface area contributed by atoms with Crippen LogP contribution in [0.3, 0.4) is 0 Å². The number of nitrogens with zero attached hydrogens (tertiary/aromatic N) is 2. The Hall–Kier alpha value is -3.70. The van der Waals surface area contributed by atoms with Gasteiger partial charge >= 0.3 is 5.97 Å². The van der Waals surface area contributed by atoms with E-state index in [-0.39, 0.29) is 17.2 Å². The van der Waals surface area contributed by atoms with E-state index >= 15 is 0 Å². The van der Waals surface area contributed by atoms with Crippen molar-refractivity contribution in [1.82, 2.24) is 10.2 Å². The Kier molecular flexibility index (Phi) is 7.78. The van der Waals surface area contributed by atoms with Gasteiger partial charge in [-0.1, -0.05) is 60.4 Å². The first kappa shape index (κ1) is 24.4. The topological polar surface area (TPSA) is 121 Å². The van der Waals surface area contributed by atoms with Crippen LogP contribution in [0.25, 0.3) is 10.8 Å². The van der Waals surface area contributed by atoms with Crippen LogP contribution in [0.5, 0.6) is 11.5 Å². The van der Waals surface area contributed by atoms with E-state index in [1.54, 1.807) is 19.1 Å². The third kappa shape index (κ3) is 5.87. The van der Waals surface area contributed by atoms with E-state index in [1.165, 1.54) is 29.2 Å². The van der Waals surface area contributed by atoms with Gasteiger partial charge in [0.2, 0.25) is 22.2 Å². The van der Waals surface area contributed by atoms with Crippen molar-refractivity contribution in [2.24, 2.45) is 0 Å². The molecule has 0 saturated carbocycles. The number of fused-ring (bicyclic) bond motifs is 1. The van der Waals surface area contributed by atoms with Crippen LogP contribution < -0.4 is 20.2 Å². The Morgan fingerprint density at radius 3 is 2.71 bits per heavy atom. The molecule has 1 N–H and O–H groups in total. The average molecular weight is 512 g/mol. The number of aromatic nitrogens is 2. The molecule has 2 aromatic carbocycles. The Labute approximate surface area is 208 Å². The van der Waals surface area contributed by atoms with Crippen molar-refractivity contribution < 1.29 is 23.5 Å². The number of hydrogen-bond donors (Lipinski definition) is 1. The van der Waals surface area contributed by atoms with Crippen molar-refractivity contribution in [3.8, 4) is 11.5 Å². The number of thioether (sulfide) groups is 1. The van der Waals surface area contributed by atoms with Gasteiger partial charge in [0, 0.05) is 12.5 Å². The molecule has 180 valence electrons. The van der Waals surface area contributed by atoms with Gasteiger partial charge in [0.05, 0.1) is 12.4 Å². The number of carbonyl (C=O) groups excluding carboxylic acids is 2. The Morgan fingerprint density at radius 2 is 1.94 bits per heavy atom. The molecular formula is C24H21N3O6S2. The number of hydrogen-bond acceptors (Lipinski definition) is 10. The molecule has 1 amide bonds. The maximum absolute atomic E-state index is 13.0. The first-order valence-corrected chi connectivity index (χ1v) is 12.5. The first-order valence-electron chi connectivity index (χ1n) is 10.7. The Balaban J connectivity index is 1.47. The second-order valence-corrected chi connectivity index (χ2v) is 9.32. The van der Waals surface area contributed by atoms with Gasteiger partial charge < -0.3 is 19.2 Å². The molecule has 2 heterocycles. The van der Waals surface area contributed by atoms with E-state index in [4.69, 9.17) is 13.9 Å². The lowest BCUT2D eigenvalue weighted by atomic mass is 10.0. The SMILES string of the molecule is CCOc1ccc2ccccc2c1C(=O)Oc1coc(CSc2nnc(NC(=O)CC)s2)cc1=O. The van der Waals surface area contributed by atoms with Gasteiger partial charge in [-0.25, -0.2) is 4.79 Å². The van der Waals surface area contributed by atoms with Crippen LogP contribution in [0.4, 0.5) is 5.13 Å². The van der Waals surface area contributed by atoms with Crippen molar-refractivity contribution in [3.63, 3.8) is 0 Å². The zero-order valence-electron chi connectivity index (χ0n) is 18.9. The molecule has 9 nitrogen and oxygen atoms in total. The molecule has 0 aliphatic carbocycles. The van der Waals surface area contributed by atoms with Crippen LogP contribution in [0, 0.1) is 0 Å². The summed E-state index contributed by atoms with van der Waals surface area (Å²) < 4.78 is 17.1. The lowest BCUT2D eigenvalue weighted by Crippen LogP contribution is -2.16. The molecule has 0 saturated heterocycles. The fourth-order valence-corrected chi connectivity index (χ4v) is 4.80. The minimum absolute atomic E-state index is 0.147. The normalized spacial score (nSPS) is 10.8. The summed E-state index contributed by atoms with van der Waals surface area (Å²) in [4.78, 5) is 37.1. The molecule has 0 spiro atoms. The van der Waals surface area contributed by atoms with Gasteiger partial charge in [0.15, 0.2) is 4.34 Å². The zero-order valence-corrected chi connectivity index (χ0v) is 20.5. The fraction of sp³-hybridized carbons (Fsp3) is 0.208. The lowest BCUT2D eigenvalue weighted by molar-refractivity contribution is -0.115. The summed E-state index contributed by atoms with van der Waals surface area (Å²) >= 11 is 2.52. The molecular weight excluding hydrogens is 490 g/mol. The number of carbonyl (C=O) groups is 2. The van der Waals surface area contributed by atoms with E-state index in [2.05, 4.69) is 15.5 Å². The average Bonchev–Trinajstić information content (AvgIpc) is 3.31. The molecule has 35 heavy (non-hydrogen) atoms. The van der Waals surface area contributed by atoms with Crippen molar-refractivity contribution in [2.75, 3.05) is 11.9 Å². The molecule has 11 heteroatoms. The van der Waals surface area contributed by atoms with Gasteiger partial charge in [0.1, 0.15) is 23.3 Å². The monoisotopic (exact) mass is 511 g/mol. The summed E-state index contributed by atoms with van der Waals surface area (Å²) in [6, 6.07) is 12.2. The van der Waals surface area contributed by atoms with Crippen molar-refractivity contribution in [3.05, 3.63) is 70.3 Å². The van der Waals surface area contributed by atoms with E-state index in [0.717, 1.165) is 11.6 Å². The molecule has 4 rings (SSSR count). The first-order chi connectivity index (χ1) is 17.0. The highest BCUT2D eigenvalue weighted by atomic mass is 32.2. The van der Waals surface area contributed by atoms with E-state index < -0.39 is 11.4 Å². The smallest absolute Gasteiger partial charge is 0.348 e. The summed E-state index contributed by atoms with van der Waals surface area (Å²) in [6.07, 6.45) is 1.46. The maximum atomic E-state index is 13.0. The van der Waals surface area contributed by atoms with Crippen LogP contribution >= 0.6 is 23.1 Å². The number of benzene rings is 2. The third-order valence-corrected chi connectivity index (χ3v) is 6.76. The highest BCUT2D eigenvalue weighted by Crippen LogP contribution is 2.30. The quantitative estimate of drug-likeness (QED) is 0.190. The van der Waals surface area contributed by atoms with Crippen LogP contribution in [-0.4, -0.2) is 28.7 Å². The van der Waals surface area contributed by atoms with Crippen LogP contribution in [-0.2, 0) is 10.5 Å². The molecule has 0 unspecified atom stereocenters. The van der Waals surface area contributed by atoms with E-state index in [0.29, 0.717) is 45.1 Å². The molecule has 4 aromatic rings. The molecule has 0 atom stereocenters. The predicted octanol–water partition coefficient (Wildman–Crippen LogP) is 4.90. The highest BCUT2D eigenvalue weighted by Gasteiger charge is 2.20. The third-order valence-electron chi connectivity index (χ3n) is 4.76. The predicted molar refractivity (Wildman–Crippen MR) is 133 cm³/mol. The van der Waals surface area contributed by atoms with E-state index in [9.17, 15) is 14.4 Å².